The minimum atomic E-state index is -0.767. The molecular formula is C13H18ClN3OS. The lowest BCUT2D eigenvalue weighted by atomic mass is 9.96. The second kappa shape index (κ2) is 4.50. The van der Waals surface area contributed by atoms with Crippen LogP contribution in [0.15, 0.2) is 4.90 Å². The van der Waals surface area contributed by atoms with Gasteiger partial charge in [0.1, 0.15) is 5.82 Å². The molecule has 2 N–H and O–H groups in total. The number of thioether (sulfide) groups is 1. The number of halogens is 1. The molecule has 104 valence electrons. The van der Waals surface area contributed by atoms with E-state index < -0.39 is 5.60 Å². The van der Waals surface area contributed by atoms with Crippen molar-refractivity contribution >= 4 is 29.2 Å². The first-order valence-electron chi connectivity index (χ1n) is 6.61. The Labute approximate surface area is 122 Å². The number of aryl methyl sites for hydroxylation is 1. The molecular weight excluding hydrogens is 282 g/mol. The third kappa shape index (κ3) is 2.43. The minimum absolute atomic E-state index is 0.267. The summed E-state index contributed by atoms with van der Waals surface area (Å²) in [5, 5.41) is 14.0. The summed E-state index contributed by atoms with van der Waals surface area (Å²) in [6, 6.07) is 0. The Morgan fingerprint density at radius 1 is 1.37 bits per heavy atom. The van der Waals surface area contributed by atoms with E-state index in [1.165, 1.54) is 0 Å². The summed E-state index contributed by atoms with van der Waals surface area (Å²) in [4.78, 5) is 9.76. The van der Waals surface area contributed by atoms with Crippen LogP contribution in [0.1, 0.15) is 38.8 Å². The van der Waals surface area contributed by atoms with E-state index in [1.807, 2.05) is 13.8 Å². The van der Waals surface area contributed by atoms with Crippen LogP contribution in [-0.4, -0.2) is 32.0 Å². The summed E-state index contributed by atoms with van der Waals surface area (Å²) in [6.45, 7) is 3.69. The molecule has 2 aliphatic rings. The highest BCUT2D eigenvalue weighted by atomic mass is 35.5. The predicted octanol–water partition coefficient (Wildman–Crippen LogP) is 2.88. The van der Waals surface area contributed by atoms with Crippen molar-refractivity contribution in [2.45, 2.75) is 55.6 Å². The van der Waals surface area contributed by atoms with Gasteiger partial charge in [-0.05, 0) is 56.9 Å². The van der Waals surface area contributed by atoms with Crippen molar-refractivity contribution in [3.8, 4) is 0 Å². The summed E-state index contributed by atoms with van der Waals surface area (Å²) in [5.41, 5.74) is -0.00194. The average Bonchev–Trinajstić information content (AvgIpc) is 3.09. The van der Waals surface area contributed by atoms with E-state index >= 15 is 0 Å². The maximum atomic E-state index is 10.3. The lowest BCUT2D eigenvalue weighted by Gasteiger charge is -2.32. The van der Waals surface area contributed by atoms with Crippen molar-refractivity contribution in [2.24, 2.45) is 0 Å². The van der Waals surface area contributed by atoms with Crippen molar-refractivity contribution in [1.29, 1.82) is 0 Å². The second-order valence-electron chi connectivity index (χ2n) is 5.84. The van der Waals surface area contributed by atoms with Crippen LogP contribution in [-0.2, 0) is 6.42 Å². The monoisotopic (exact) mass is 299 g/mol. The molecule has 1 aromatic heterocycles. The van der Waals surface area contributed by atoms with Crippen LogP contribution < -0.4 is 5.32 Å². The fourth-order valence-electron chi connectivity index (χ4n) is 2.53. The Bertz CT molecular complexity index is 511. The van der Waals surface area contributed by atoms with Crippen LogP contribution in [0.2, 0.25) is 5.28 Å². The van der Waals surface area contributed by atoms with Gasteiger partial charge in [0.2, 0.25) is 5.28 Å². The van der Waals surface area contributed by atoms with Gasteiger partial charge in [-0.3, -0.25) is 0 Å². The highest BCUT2D eigenvalue weighted by molar-refractivity contribution is 7.99. The van der Waals surface area contributed by atoms with Crippen LogP contribution in [0.25, 0.3) is 0 Å². The number of hydrogen-bond acceptors (Lipinski definition) is 5. The molecule has 19 heavy (non-hydrogen) atoms. The molecule has 2 heterocycles. The van der Waals surface area contributed by atoms with E-state index in [0.29, 0.717) is 0 Å². The summed E-state index contributed by atoms with van der Waals surface area (Å²) in [7, 11) is 0. The zero-order valence-electron chi connectivity index (χ0n) is 11.2. The third-order valence-corrected chi connectivity index (χ3v) is 5.37. The zero-order chi connectivity index (χ0) is 13.7. The van der Waals surface area contributed by atoms with Gasteiger partial charge in [-0.15, -0.1) is 11.8 Å². The lowest BCUT2D eigenvalue weighted by molar-refractivity contribution is 0.0493. The van der Waals surface area contributed by atoms with Gasteiger partial charge >= 0.3 is 0 Å². The molecule has 0 aromatic carbocycles. The van der Waals surface area contributed by atoms with Crippen molar-refractivity contribution in [3.05, 3.63) is 11.0 Å². The molecule has 0 bridgehead atoms. The van der Waals surface area contributed by atoms with Crippen LogP contribution in [0.5, 0.6) is 0 Å². The number of fused-ring (bicyclic) bond motifs is 1. The largest absolute Gasteiger partial charge is 0.388 e. The number of hydrogen-bond donors (Lipinski definition) is 2. The van der Waals surface area contributed by atoms with E-state index in [9.17, 15) is 5.11 Å². The first-order valence-corrected chi connectivity index (χ1v) is 7.97. The average molecular weight is 300 g/mol. The van der Waals surface area contributed by atoms with Gasteiger partial charge in [0.15, 0.2) is 0 Å². The van der Waals surface area contributed by atoms with Crippen LogP contribution >= 0.6 is 23.4 Å². The Kier molecular flexibility index (Phi) is 3.19. The van der Waals surface area contributed by atoms with E-state index in [0.717, 1.165) is 47.8 Å². The summed E-state index contributed by atoms with van der Waals surface area (Å²) < 4.78 is 0. The fourth-order valence-corrected chi connectivity index (χ4v) is 3.75. The molecule has 0 spiro atoms. The number of rotatable bonds is 3. The first-order chi connectivity index (χ1) is 8.91. The normalized spacial score (nSPS) is 20.8. The van der Waals surface area contributed by atoms with Crippen molar-refractivity contribution in [1.82, 2.24) is 9.97 Å². The van der Waals surface area contributed by atoms with E-state index in [1.54, 1.807) is 11.8 Å². The Balaban J connectivity index is 1.95. The first kappa shape index (κ1) is 13.5. The van der Waals surface area contributed by atoms with Crippen LogP contribution in [0, 0.1) is 0 Å². The lowest BCUT2D eigenvalue weighted by Crippen LogP contribution is -2.44. The number of aliphatic hydroxyl groups is 1. The van der Waals surface area contributed by atoms with Gasteiger partial charge in [-0.1, -0.05) is 0 Å². The predicted molar refractivity (Wildman–Crippen MR) is 78.0 cm³/mol. The highest BCUT2D eigenvalue weighted by Crippen LogP contribution is 2.48. The topological polar surface area (TPSA) is 58.0 Å². The Morgan fingerprint density at radius 3 is 2.74 bits per heavy atom. The molecule has 3 rings (SSSR count). The van der Waals surface area contributed by atoms with Crippen LogP contribution in [0.4, 0.5) is 5.82 Å². The highest BCUT2D eigenvalue weighted by Gasteiger charge is 2.54. The second-order valence-corrected chi connectivity index (χ2v) is 7.28. The number of aromatic nitrogens is 2. The number of anilines is 1. The summed E-state index contributed by atoms with van der Waals surface area (Å²) >= 11 is 7.79. The van der Waals surface area contributed by atoms with E-state index in [4.69, 9.17) is 11.6 Å². The van der Waals surface area contributed by atoms with Gasteiger partial charge in [0.25, 0.3) is 0 Å². The third-order valence-electron chi connectivity index (χ3n) is 3.99. The maximum absolute atomic E-state index is 10.3. The summed E-state index contributed by atoms with van der Waals surface area (Å²) in [5.74, 6) is 1.88. The van der Waals surface area contributed by atoms with E-state index in [2.05, 4.69) is 15.3 Å². The number of nitrogens with zero attached hydrogens (tertiary/aromatic N) is 2. The standard InChI is InChI=1S/C13H18ClN3OS/c1-12(2,18)13(5-6-13)17-10-9-8(4-3-7-19-9)15-11(14)16-10/h18H,3-7H2,1-2H3,(H,15,16,17). The molecule has 1 fully saturated rings. The molecule has 1 saturated carbocycles. The van der Waals surface area contributed by atoms with Gasteiger partial charge in [0, 0.05) is 0 Å². The SMILES string of the molecule is CC(C)(O)C1(Nc2nc(Cl)nc3c2SCCC3)CC1. The van der Waals surface area contributed by atoms with Gasteiger partial charge in [0.05, 0.1) is 21.7 Å². The van der Waals surface area contributed by atoms with E-state index in [-0.39, 0.29) is 10.8 Å². The Hall–Kier alpha value is -0.520. The molecule has 1 aliphatic carbocycles. The minimum Gasteiger partial charge on any atom is -0.388 e. The van der Waals surface area contributed by atoms with Gasteiger partial charge < -0.3 is 10.4 Å². The zero-order valence-corrected chi connectivity index (χ0v) is 12.7. The molecule has 0 unspecified atom stereocenters. The molecule has 6 heteroatoms. The maximum Gasteiger partial charge on any atom is 0.224 e. The quantitative estimate of drug-likeness (QED) is 0.841. The summed E-state index contributed by atoms with van der Waals surface area (Å²) in [6.07, 6.45) is 3.99. The van der Waals surface area contributed by atoms with Gasteiger partial charge in [-0.2, -0.15) is 4.98 Å². The molecule has 0 saturated heterocycles. The fraction of sp³-hybridized carbons (Fsp3) is 0.692. The van der Waals surface area contributed by atoms with Crippen molar-refractivity contribution in [3.63, 3.8) is 0 Å². The van der Waals surface area contributed by atoms with Crippen molar-refractivity contribution in [2.75, 3.05) is 11.1 Å². The molecule has 0 amide bonds. The Morgan fingerprint density at radius 2 is 2.11 bits per heavy atom. The van der Waals surface area contributed by atoms with Crippen molar-refractivity contribution < 1.29 is 5.11 Å². The van der Waals surface area contributed by atoms with Gasteiger partial charge in [-0.25, -0.2) is 4.98 Å². The number of nitrogens with one attached hydrogen (secondary N) is 1. The molecule has 1 aromatic rings. The molecule has 0 atom stereocenters. The molecule has 0 radical (unpaired) electrons. The molecule has 4 nitrogen and oxygen atoms in total. The van der Waals surface area contributed by atoms with Crippen LogP contribution in [0.3, 0.4) is 0 Å². The smallest absolute Gasteiger partial charge is 0.224 e. The molecule has 1 aliphatic heterocycles.